The van der Waals surface area contributed by atoms with Gasteiger partial charge in [-0.3, -0.25) is 0 Å². The maximum Gasteiger partial charge on any atom is -0.0247 e. The largest absolute Gasteiger partial charge is 0.0651 e. The van der Waals surface area contributed by atoms with Crippen molar-refractivity contribution in [2.45, 2.75) is 74.7 Å². The van der Waals surface area contributed by atoms with Crippen LogP contribution in [0, 0.1) is 22.7 Å². The normalized spacial score (nSPS) is 22.2. The van der Waals surface area contributed by atoms with Crippen molar-refractivity contribution >= 4 is 0 Å². The quantitative estimate of drug-likeness (QED) is 0.543. The Morgan fingerprint density at radius 2 is 1.20 bits per heavy atom. The highest BCUT2D eigenvalue weighted by Gasteiger charge is 2.46. The van der Waals surface area contributed by atoms with Crippen LogP contribution in [-0.4, -0.2) is 0 Å². The van der Waals surface area contributed by atoms with Gasteiger partial charge >= 0.3 is 0 Å². The van der Waals surface area contributed by atoms with Gasteiger partial charge in [0.2, 0.25) is 0 Å². The van der Waals surface area contributed by atoms with Gasteiger partial charge in [-0.25, -0.2) is 0 Å². The van der Waals surface area contributed by atoms with Crippen molar-refractivity contribution < 1.29 is 0 Å². The van der Waals surface area contributed by atoms with Gasteiger partial charge in [0.15, 0.2) is 0 Å². The Hall–Kier alpha value is 0. The number of rotatable bonds is 6. The average Bonchev–Trinajstić information content (AvgIpc) is 2.24. The van der Waals surface area contributed by atoms with Gasteiger partial charge in [-0.05, 0) is 35.5 Å². The SMILES string of the molecule is CCC(C)C(C)(CC)C(C)(CC)C(C)C. The minimum Gasteiger partial charge on any atom is -0.0651 e. The summed E-state index contributed by atoms with van der Waals surface area (Å²) in [5.74, 6) is 1.58. The summed E-state index contributed by atoms with van der Waals surface area (Å²) >= 11 is 0. The highest BCUT2D eigenvalue weighted by molar-refractivity contribution is 4.95. The predicted octanol–water partition coefficient (Wildman–Crippen LogP) is 5.52. The molecule has 0 rings (SSSR count). The molecule has 0 aromatic heterocycles. The minimum atomic E-state index is 0.469. The third kappa shape index (κ3) is 2.40. The van der Waals surface area contributed by atoms with E-state index in [4.69, 9.17) is 0 Å². The molecule has 0 aromatic carbocycles. The van der Waals surface area contributed by atoms with E-state index < -0.39 is 0 Å². The molecule has 92 valence electrons. The summed E-state index contributed by atoms with van der Waals surface area (Å²) in [7, 11) is 0. The molecule has 0 bridgehead atoms. The van der Waals surface area contributed by atoms with E-state index in [0.29, 0.717) is 10.8 Å². The Morgan fingerprint density at radius 1 is 0.800 bits per heavy atom. The molecular weight excluding hydrogens is 180 g/mol. The molecule has 0 saturated carbocycles. The Morgan fingerprint density at radius 3 is 1.40 bits per heavy atom. The topological polar surface area (TPSA) is 0 Å². The number of hydrogen-bond donors (Lipinski definition) is 0. The van der Waals surface area contributed by atoms with Crippen LogP contribution in [0.2, 0.25) is 0 Å². The Labute approximate surface area is 97.8 Å². The smallest absolute Gasteiger partial charge is 0.0247 e. The van der Waals surface area contributed by atoms with Gasteiger partial charge in [0.25, 0.3) is 0 Å². The standard InChI is InChI=1S/C15H32/c1-9-13(6)15(8,11-3)14(7,10-2)12(4)5/h12-13H,9-11H2,1-8H3. The van der Waals surface area contributed by atoms with Crippen molar-refractivity contribution in [2.24, 2.45) is 22.7 Å². The van der Waals surface area contributed by atoms with E-state index in [1.807, 2.05) is 0 Å². The summed E-state index contributed by atoms with van der Waals surface area (Å²) in [5, 5.41) is 0. The summed E-state index contributed by atoms with van der Waals surface area (Å²) in [6.45, 7) is 19.3. The van der Waals surface area contributed by atoms with E-state index in [2.05, 4.69) is 55.4 Å². The molecule has 0 radical (unpaired) electrons. The van der Waals surface area contributed by atoms with Crippen LogP contribution in [0.15, 0.2) is 0 Å². The third-order valence-electron chi connectivity index (χ3n) is 5.75. The first kappa shape index (κ1) is 15.0. The van der Waals surface area contributed by atoms with Crippen LogP contribution in [-0.2, 0) is 0 Å². The number of hydrogen-bond acceptors (Lipinski definition) is 0. The lowest BCUT2D eigenvalue weighted by Gasteiger charge is -2.52. The second-order valence-electron chi connectivity index (χ2n) is 6.01. The third-order valence-corrected chi connectivity index (χ3v) is 5.75. The summed E-state index contributed by atoms with van der Waals surface area (Å²) < 4.78 is 0. The average molecular weight is 212 g/mol. The van der Waals surface area contributed by atoms with Crippen molar-refractivity contribution in [1.82, 2.24) is 0 Å². The molecule has 0 amide bonds. The molecule has 0 N–H and O–H groups in total. The molecule has 0 aliphatic carbocycles. The lowest BCUT2D eigenvalue weighted by Crippen LogP contribution is -2.45. The summed E-state index contributed by atoms with van der Waals surface area (Å²) in [5.41, 5.74) is 0.946. The second-order valence-corrected chi connectivity index (χ2v) is 6.01. The van der Waals surface area contributed by atoms with Crippen molar-refractivity contribution in [1.29, 1.82) is 0 Å². The van der Waals surface area contributed by atoms with Gasteiger partial charge in [0.05, 0.1) is 0 Å². The van der Waals surface area contributed by atoms with Gasteiger partial charge in [0, 0.05) is 0 Å². The maximum absolute atomic E-state index is 2.50. The molecule has 0 heteroatoms. The van der Waals surface area contributed by atoms with Crippen LogP contribution in [0.1, 0.15) is 74.7 Å². The minimum absolute atomic E-state index is 0.469. The summed E-state index contributed by atoms with van der Waals surface area (Å²) in [6.07, 6.45) is 3.89. The van der Waals surface area contributed by atoms with Crippen LogP contribution in [0.3, 0.4) is 0 Å². The van der Waals surface area contributed by atoms with Crippen molar-refractivity contribution in [2.75, 3.05) is 0 Å². The molecule has 0 aliphatic heterocycles. The van der Waals surface area contributed by atoms with Crippen molar-refractivity contribution in [3.05, 3.63) is 0 Å². The molecule has 3 unspecified atom stereocenters. The molecule has 0 heterocycles. The van der Waals surface area contributed by atoms with E-state index >= 15 is 0 Å². The Kier molecular flexibility index (Phi) is 5.37. The molecule has 0 spiro atoms. The zero-order valence-corrected chi connectivity index (χ0v) is 12.3. The van der Waals surface area contributed by atoms with Crippen LogP contribution >= 0.6 is 0 Å². The second kappa shape index (κ2) is 5.37. The molecule has 15 heavy (non-hydrogen) atoms. The molecule has 0 fully saturated rings. The lowest BCUT2D eigenvalue weighted by molar-refractivity contribution is -0.0341. The van der Waals surface area contributed by atoms with Gasteiger partial charge in [-0.15, -0.1) is 0 Å². The molecule has 0 aliphatic rings. The van der Waals surface area contributed by atoms with Gasteiger partial charge < -0.3 is 0 Å². The Balaban J connectivity index is 5.22. The molecule has 0 saturated heterocycles. The fourth-order valence-corrected chi connectivity index (χ4v) is 3.24. The summed E-state index contributed by atoms with van der Waals surface area (Å²) in [6, 6.07) is 0. The first-order chi connectivity index (χ1) is 6.80. The zero-order valence-electron chi connectivity index (χ0n) is 12.3. The van der Waals surface area contributed by atoms with E-state index in [0.717, 1.165) is 11.8 Å². The molecule has 3 atom stereocenters. The van der Waals surface area contributed by atoms with E-state index in [9.17, 15) is 0 Å². The predicted molar refractivity (Wildman–Crippen MR) is 71.1 cm³/mol. The van der Waals surface area contributed by atoms with Crippen LogP contribution in [0.5, 0.6) is 0 Å². The molecular formula is C15H32. The van der Waals surface area contributed by atoms with Crippen molar-refractivity contribution in [3.8, 4) is 0 Å². The fourth-order valence-electron chi connectivity index (χ4n) is 3.24. The van der Waals surface area contributed by atoms with Crippen LogP contribution < -0.4 is 0 Å². The van der Waals surface area contributed by atoms with Crippen molar-refractivity contribution in [3.63, 3.8) is 0 Å². The monoisotopic (exact) mass is 212 g/mol. The summed E-state index contributed by atoms with van der Waals surface area (Å²) in [4.78, 5) is 0. The van der Waals surface area contributed by atoms with Gasteiger partial charge in [-0.1, -0.05) is 61.8 Å². The zero-order chi connectivity index (χ0) is 12.3. The highest BCUT2D eigenvalue weighted by atomic mass is 14.5. The van der Waals surface area contributed by atoms with E-state index in [1.165, 1.54) is 19.3 Å². The van der Waals surface area contributed by atoms with Crippen LogP contribution in [0.4, 0.5) is 0 Å². The van der Waals surface area contributed by atoms with E-state index in [1.54, 1.807) is 0 Å². The first-order valence-corrected chi connectivity index (χ1v) is 6.80. The molecule has 0 aromatic rings. The van der Waals surface area contributed by atoms with E-state index in [-0.39, 0.29) is 0 Å². The van der Waals surface area contributed by atoms with Crippen LogP contribution in [0.25, 0.3) is 0 Å². The fraction of sp³-hybridized carbons (Fsp3) is 1.00. The Bertz CT molecular complexity index is 182. The molecule has 0 nitrogen and oxygen atoms in total. The van der Waals surface area contributed by atoms with Gasteiger partial charge in [0.1, 0.15) is 0 Å². The highest BCUT2D eigenvalue weighted by Crippen LogP contribution is 2.54. The lowest BCUT2D eigenvalue weighted by atomic mass is 9.52. The van der Waals surface area contributed by atoms with Gasteiger partial charge in [-0.2, -0.15) is 0 Å². The maximum atomic E-state index is 2.50. The first-order valence-electron chi connectivity index (χ1n) is 6.80.